The second-order valence-corrected chi connectivity index (χ2v) is 3.60. The Morgan fingerprint density at radius 3 is 2.25 bits per heavy atom. The van der Waals surface area contributed by atoms with Crippen LogP contribution in [0, 0.1) is 5.41 Å². The molecule has 0 radical (unpaired) electrons. The van der Waals surface area contributed by atoms with Crippen molar-refractivity contribution < 1.29 is 28.2 Å². The van der Waals surface area contributed by atoms with E-state index in [0.29, 0.717) is 18.8 Å². The molecule has 0 aliphatic carbocycles. The molecule has 8 heteroatoms. The maximum absolute atomic E-state index is 9.75. The van der Waals surface area contributed by atoms with Gasteiger partial charge in [0.2, 0.25) is 5.90 Å². The van der Waals surface area contributed by atoms with E-state index in [-0.39, 0.29) is 7.32 Å². The number of hydrogen-bond donors (Lipinski definition) is 1. The normalized spacial score (nSPS) is 10.3. The largest absolute Gasteiger partial charge is 1.00 e. The molecule has 0 fully saturated rings. The highest BCUT2D eigenvalue weighted by Gasteiger charge is 2.20. The van der Waals surface area contributed by atoms with E-state index in [1.165, 1.54) is 0 Å². The Bertz CT molecular complexity index is 412. The predicted octanol–water partition coefficient (Wildman–Crippen LogP) is 4.25. The fourth-order valence-corrected chi connectivity index (χ4v) is 1.21. The lowest BCUT2D eigenvalue weighted by molar-refractivity contribution is 0.305. The number of para-hydroxylation sites is 1. The summed E-state index contributed by atoms with van der Waals surface area (Å²) >= 11 is 0. The molecule has 0 amide bonds. The van der Waals surface area contributed by atoms with Crippen LogP contribution in [0.2, 0.25) is 0 Å². The topological polar surface area (TPSA) is 42.3 Å². The standard InChI is InChI=1S/C12H17NO2.BF4/c1-3-9-15-11-8-6-5-7-10(11)12(13)14-4-2;2-1(3,4)5/h5-8,13H,3-4,9H2,1-2H3;/q;-1/p+1. The maximum atomic E-state index is 9.75. The number of nitrogens with one attached hydrogen (secondary N) is 1. The van der Waals surface area contributed by atoms with Gasteiger partial charge < -0.3 is 26.7 Å². The molecule has 1 aromatic carbocycles. The third kappa shape index (κ3) is 9.24. The van der Waals surface area contributed by atoms with Crippen molar-refractivity contribution in [3.63, 3.8) is 0 Å². The molecule has 0 unspecified atom stereocenters. The van der Waals surface area contributed by atoms with Crippen LogP contribution >= 0.6 is 0 Å². The summed E-state index contributed by atoms with van der Waals surface area (Å²) in [4.78, 5) is 0. The maximum Gasteiger partial charge on any atom is 1.00 e. The zero-order valence-electron chi connectivity index (χ0n) is 12.3. The van der Waals surface area contributed by atoms with Crippen LogP contribution in [0.15, 0.2) is 24.3 Å². The van der Waals surface area contributed by atoms with E-state index in [1.54, 1.807) is 0 Å². The minimum atomic E-state index is -6.00. The van der Waals surface area contributed by atoms with Crippen LogP contribution in [0.5, 0.6) is 5.75 Å². The van der Waals surface area contributed by atoms with Crippen molar-refractivity contribution in [3.8, 4) is 5.75 Å². The van der Waals surface area contributed by atoms with E-state index in [2.05, 4.69) is 6.92 Å². The molecule has 3 nitrogen and oxygen atoms in total. The van der Waals surface area contributed by atoms with Crippen LogP contribution in [-0.4, -0.2) is 26.4 Å². The molecule has 1 aromatic rings. The lowest BCUT2D eigenvalue weighted by atomic mass is 10.2. The fraction of sp³-hybridized carbons (Fsp3) is 0.417. The Morgan fingerprint density at radius 2 is 1.75 bits per heavy atom. The monoisotopic (exact) mass is 295 g/mol. The molecule has 0 aromatic heterocycles. The highest BCUT2D eigenvalue weighted by molar-refractivity contribution is 6.50. The molecule has 20 heavy (non-hydrogen) atoms. The van der Waals surface area contributed by atoms with E-state index < -0.39 is 7.25 Å². The number of rotatable bonds is 5. The zero-order chi connectivity index (χ0) is 15.6. The first-order valence-corrected chi connectivity index (χ1v) is 6.10. The first-order chi connectivity index (χ1) is 9.29. The third-order valence-electron chi connectivity index (χ3n) is 1.88. The summed E-state index contributed by atoms with van der Waals surface area (Å²) in [6.45, 7) is 5.08. The molecule has 0 bridgehead atoms. The minimum Gasteiger partial charge on any atom is -0.493 e. The predicted molar refractivity (Wildman–Crippen MR) is 72.0 cm³/mol. The van der Waals surface area contributed by atoms with Crippen LogP contribution in [0.3, 0.4) is 0 Å². The molecule has 0 heterocycles. The summed E-state index contributed by atoms with van der Waals surface area (Å²) in [6, 6.07) is 7.47. The summed E-state index contributed by atoms with van der Waals surface area (Å²) in [6.07, 6.45) is 0.955. The van der Waals surface area contributed by atoms with E-state index in [1.807, 2.05) is 31.2 Å². The van der Waals surface area contributed by atoms with Gasteiger partial charge in [0.15, 0.2) is 0 Å². The van der Waals surface area contributed by atoms with Crippen molar-refractivity contribution in [1.82, 2.24) is 0 Å². The summed E-state index contributed by atoms with van der Waals surface area (Å²) in [5, 5.41) is 7.70. The molecular weight excluding hydrogens is 277 g/mol. The van der Waals surface area contributed by atoms with Crippen LogP contribution in [0.4, 0.5) is 17.3 Å². The van der Waals surface area contributed by atoms with Crippen molar-refractivity contribution in [3.05, 3.63) is 29.8 Å². The van der Waals surface area contributed by atoms with E-state index in [9.17, 15) is 17.3 Å². The molecular formula is C12H18BF4NO2. The van der Waals surface area contributed by atoms with Gasteiger partial charge in [0.05, 0.1) is 18.8 Å². The van der Waals surface area contributed by atoms with Gasteiger partial charge in [-0.25, -0.2) is 0 Å². The summed E-state index contributed by atoms with van der Waals surface area (Å²) < 4.78 is 49.7. The van der Waals surface area contributed by atoms with Crippen LogP contribution < -0.4 is 4.74 Å². The van der Waals surface area contributed by atoms with Gasteiger partial charge in [0.25, 0.3) is 0 Å². The zero-order valence-corrected chi connectivity index (χ0v) is 11.3. The van der Waals surface area contributed by atoms with Crippen molar-refractivity contribution >= 4 is 13.2 Å². The molecule has 0 saturated carbocycles. The lowest BCUT2D eigenvalue weighted by Gasteiger charge is -2.11. The Kier molecular flexibility index (Phi) is 8.43. The molecule has 0 saturated heterocycles. The quantitative estimate of drug-likeness (QED) is 0.382. The second-order valence-electron chi connectivity index (χ2n) is 3.60. The van der Waals surface area contributed by atoms with Gasteiger partial charge in [0, 0.05) is 0 Å². The molecule has 0 aliphatic heterocycles. The number of halogens is 4. The molecule has 1 rings (SSSR count). The number of ether oxygens (including phenoxy) is 2. The molecule has 0 atom stereocenters. The van der Waals surface area contributed by atoms with E-state index >= 15 is 0 Å². The first kappa shape index (κ1) is 18.3. The minimum absolute atomic E-state index is 0. The van der Waals surface area contributed by atoms with Gasteiger partial charge in [0.1, 0.15) is 5.75 Å². The Hall–Kier alpha value is -1.73. The van der Waals surface area contributed by atoms with Crippen LogP contribution in [-0.2, 0) is 4.74 Å². The van der Waals surface area contributed by atoms with Crippen molar-refractivity contribution in [2.24, 2.45) is 0 Å². The lowest BCUT2D eigenvalue weighted by Crippen LogP contribution is -2.08. The smallest absolute Gasteiger partial charge is 0.493 e. The van der Waals surface area contributed by atoms with E-state index in [0.717, 1.165) is 12.2 Å². The SMILES string of the molecule is CCCOc1ccccc1C(=N)OCC.F[B-](F)(F)F.[H+]. The van der Waals surface area contributed by atoms with Crippen molar-refractivity contribution in [2.75, 3.05) is 13.2 Å². The van der Waals surface area contributed by atoms with Gasteiger partial charge >= 0.3 is 8.68 Å². The van der Waals surface area contributed by atoms with Gasteiger partial charge in [-0.15, -0.1) is 0 Å². The molecule has 114 valence electrons. The number of benzene rings is 1. The molecule has 1 N–H and O–H groups in total. The van der Waals surface area contributed by atoms with Crippen LogP contribution in [0.25, 0.3) is 0 Å². The van der Waals surface area contributed by atoms with Gasteiger partial charge in [-0.3, -0.25) is 5.41 Å². The average molecular weight is 295 g/mol. The highest BCUT2D eigenvalue weighted by Crippen LogP contribution is 2.18. The first-order valence-electron chi connectivity index (χ1n) is 6.10. The summed E-state index contributed by atoms with van der Waals surface area (Å²) in [5.74, 6) is 0.891. The molecule has 0 aliphatic rings. The Balaban J connectivity index is 0. The summed E-state index contributed by atoms with van der Waals surface area (Å²) in [7, 11) is -6.00. The van der Waals surface area contributed by atoms with Gasteiger partial charge in [-0.05, 0) is 25.5 Å². The summed E-state index contributed by atoms with van der Waals surface area (Å²) in [5.41, 5.74) is 0.716. The van der Waals surface area contributed by atoms with Crippen molar-refractivity contribution in [1.29, 1.82) is 5.41 Å². The molecule has 0 spiro atoms. The number of hydrogen-bond acceptors (Lipinski definition) is 3. The van der Waals surface area contributed by atoms with Gasteiger partial charge in [-0.1, -0.05) is 19.1 Å². The average Bonchev–Trinajstić information content (AvgIpc) is 2.35. The highest BCUT2D eigenvalue weighted by atomic mass is 19.5. The van der Waals surface area contributed by atoms with E-state index in [4.69, 9.17) is 14.9 Å². The second kappa shape index (κ2) is 9.22. The third-order valence-corrected chi connectivity index (χ3v) is 1.88. The fourth-order valence-electron chi connectivity index (χ4n) is 1.21. The van der Waals surface area contributed by atoms with Gasteiger partial charge in [-0.2, -0.15) is 0 Å². The van der Waals surface area contributed by atoms with Crippen molar-refractivity contribution in [2.45, 2.75) is 20.3 Å². The Labute approximate surface area is 117 Å². The Morgan fingerprint density at radius 1 is 1.20 bits per heavy atom. The van der Waals surface area contributed by atoms with Crippen LogP contribution in [0.1, 0.15) is 27.3 Å².